The van der Waals surface area contributed by atoms with E-state index in [-0.39, 0.29) is 12.5 Å². The Kier molecular flexibility index (Phi) is 5.86. The number of benzene rings is 2. The van der Waals surface area contributed by atoms with Crippen LogP contribution in [0.5, 0.6) is 5.75 Å². The number of hydrogen-bond donors (Lipinski definition) is 2. The Balaban J connectivity index is 1.90. The average molecular weight is 313 g/mol. The molecule has 2 rings (SSSR count). The van der Waals surface area contributed by atoms with E-state index in [4.69, 9.17) is 4.74 Å². The molecule has 5 nitrogen and oxygen atoms in total. The SMILES string of the molecule is CCOc1ccccc1NCC(=O)Nc1ccc(N(C)C)cc1. The highest BCUT2D eigenvalue weighted by Crippen LogP contribution is 2.23. The smallest absolute Gasteiger partial charge is 0.243 e. The van der Waals surface area contributed by atoms with Crippen LogP contribution in [0, 0.1) is 0 Å². The van der Waals surface area contributed by atoms with Gasteiger partial charge in [-0.2, -0.15) is 0 Å². The molecule has 0 atom stereocenters. The Morgan fingerprint density at radius 1 is 1.09 bits per heavy atom. The molecule has 122 valence electrons. The van der Waals surface area contributed by atoms with Crippen LogP contribution >= 0.6 is 0 Å². The summed E-state index contributed by atoms with van der Waals surface area (Å²) in [4.78, 5) is 14.1. The van der Waals surface area contributed by atoms with Crippen molar-refractivity contribution in [2.75, 3.05) is 42.8 Å². The Morgan fingerprint density at radius 3 is 2.43 bits per heavy atom. The molecular weight excluding hydrogens is 290 g/mol. The number of nitrogens with one attached hydrogen (secondary N) is 2. The third-order valence-electron chi connectivity index (χ3n) is 3.29. The summed E-state index contributed by atoms with van der Waals surface area (Å²) >= 11 is 0. The number of nitrogens with zero attached hydrogens (tertiary/aromatic N) is 1. The minimum atomic E-state index is -0.103. The van der Waals surface area contributed by atoms with Gasteiger partial charge in [-0.15, -0.1) is 0 Å². The van der Waals surface area contributed by atoms with E-state index in [1.807, 2.05) is 74.4 Å². The van der Waals surface area contributed by atoms with Crippen LogP contribution in [-0.2, 0) is 4.79 Å². The molecule has 23 heavy (non-hydrogen) atoms. The Labute approximate surface area is 137 Å². The summed E-state index contributed by atoms with van der Waals surface area (Å²) in [6.07, 6.45) is 0. The zero-order valence-electron chi connectivity index (χ0n) is 13.8. The number of ether oxygens (including phenoxy) is 1. The third kappa shape index (κ3) is 4.92. The van der Waals surface area contributed by atoms with Crippen LogP contribution in [0.3, 0.4) is 0 Å². The summed E-state index contributed by atoms with van der Waals surface area (Å²) in [5.41, 5.74) is 2.68. The van der Waals surface area contributed by atoms with Crippen molar-refractivity contribution in [1.82, 2.24) is 0 Å². The van der Waals surface area contributed by atoms with Crippen molar-refractivity contribution in [3.8, 4) is 5.75 Å². The molecule has 2 aromatic carbocycles. The first kappa shape index (κ1) is 16.7. The highest BCUT2D eigenvalue weighted by atomic mass is 16.5. The van der Waals surface area contributed by atoms with Crippen LogP contribution in [0.15, 0.2) is 48.5 Å². The second kappa shape index (κ2) is 8.08. The maximum absolute atomic E-state index is 12.0. The molecule has 2 N–H and O–H groups in total. The first-order valence-corrected chi connectivity index (χ1v) is 7.63. The van der Waals surface area contributed by atoms with Crippen LogP contribution in [0.25, 0.3) is 0 Å². The Hall–Kier alpha value is -2.69. The lowest BCUT2D eigenvalue weighted by Gasteiger charge is -2.14. The van der Waals surface area contributed by atoms with Crippen LogP contribution in [-0.4, -0.2) is 33.2 Å². The Morgan fingerprint density at radius 2 is 1.78 bits per heavy atom. The molecule has 0 aliphatic heterocycles. The first-order valence-electron chi connectivity index (χ1n) is 7.63. The zero-order chi connectivity index (χ0) is 16.7. The molecule has 5 heteroatoms. The van der Waals surface area contributed by atoms with Crippen LogP contribution in [0.4, 0.5) is 17.1 Å². The molecule has 0 fully saturated rings. The maximum Gasteiger partial charge on any atom is 0.243 e. The summed E-state index contributed by atoms with van der Waals surface area (Å²) in [6.45, 7) is 2.70. The van der Waals surface area contributed by atoms with Gasteiger partial charge in [0.25, 0.3) is 0 Å². The molecule has 2 aromatic rings. The largest absolute Gasteiger partial charge is 0.492 e. The van der Waals surface area contributed by atoms with Crippen LogP contribution in [0.2, 0.25) is 0 Å². The fourth-order valence-corrected chi connectivity index (χ4v) is 2.12. The molecule has 0 spiro atoms. The van der Waals surface area contributed by atoms with Gasteiger partial charge in [0.2, 0.25) is 5.91 Å². The maximum atomic E-state index is 12.0. The van der Waals surface area contributed by atoms with Crippen molar-refractivity contribution in [2.45, 2.75) is 6.92 Å². The Bertz CT molecular complexity index is 639. The molecule has 0 aliphatic carbocycles. The average Bonchev–Trinajstić information content (AvgIpc) is 2.55. The van der Waals surface area contributed by atoms with Crippen molar-refractivity contribution in [3.05, 3.63) is 48.5 Å². The quantitative estimate of drug-likeness (QED) is 0.824. The van der Waals surface area contributed by atoms with E-state index in [1.165, 1.54) is 0 Å². The van der Waals surface area contributed by atoms with E-state index in [0.717, 1.165) is 22.8 Å². The summed E-state index contributed by atoms with van der Waals surface area (Å²) < 4.78 is 5.52. The number of amides is 1. The van der Waals surface area contributed by atoms with Crippen molar-refractivity contribution in [3.63, 3.8) is 0 Å². The van der Waals surface area contributed by atoms with Crippen LogP contribution in [0.1, 0.15) is 6.92 Å². The van der Waals surface area contributed by atoms with E-state index in [1.54, 1.807) is 0 Å². The molecule has 0 aliphatic rings. The predicted molar refractivity (Wildman–Crippen MR) is 95.5 cm³/mol. The molecule has 0 radical (unpaired) electrons. The minimum absolute atomic E-state index is 0.103. The number of carbonyl (C=O) groups is 1. The summed E-state index contributed by atoms with van der Waals surface area (Å²) in [5.74, 6) is 0.645. The molecule has 0 aromatic heterocycles. The van der Waals surface area contributed by atoms with Gasteiger partial charge in [-0.25, -0.2) is 0 Å². The highest BCUT2D eigenvalue weighted by molar-refractivity contribution is 5.94. The van der Waals surface area contributed by atoms with Gasteiger partial charge < -0.3 is 20.3 Å². The van der Waals surface area contributed by atoms with E-state index < -0.39 is 0 Å². The van der Waals surface area contributed by atoms with E-state index in [0.29, 0.717) is 6.61 Å². The fraction of sp³-hybridized carbons (Fsp3) is 0.278. The lowest BCUT2D eigenvalue weighted by Crippen LogP contribution is -2.22. The highest BCUT2D eigenvalue weighted by Gasteiger charge is 2.06. The lowest BCUT2D eigenvalue weighted by atomic mass is 10.2. The number of carbonyl (C=O) groups excluding carboxylic acids is 1. The van der Waals surface area contributed by atoms with Crippen molar-refractivity contribution >= 4 is 23.0 Å². The van der Waals surface area contributed by atoms with Crippen molar-refractivity contribution in [2.24, 2.45) is 0 Å². The monoisotopic (exact) mass is 313 g/mol. The predicted octanol–water partition coefficient (Wildman–Crippen LogP) is 3.20. The molecule has 0 bridgehead atoms. The first-order chi connectivity index (χ1) is 11.1. The van der Waals surface area contributed by atoms with Gasteiger partial charge in [-0.05, 0) is 43.3 Å². The van der Waals surface area contributed by atoms with Crippen molar-refractivity contribution < 1.29 is 9.53 Å². The second-order valence-corrected chi connectivity index (χ2v) is 5.27. The van der Waals surface area contributed by atoms with Gasteiger partial charge in [0.15, 0.2) is 0 Å². The molecule has 0 saturated heterocycles. The number of anilines is 3. The lowest BCUT2D eigenvalue weighted by molar-refractivity contribution is -0.114. The van der Waals surface area contributed by atoms with Gasteiger partial charge in [-0.1, -0.05) is 12.1 Å². The summed E-state index contributed by atoms with van der Waals surface area (Å²) in [5, 5.41) is 5.97. The third-order valence-corrected chi connectivity index (χ3v) is 3.29. The van der Waals surface area contributed by atoms with E-state index in [2.05, 4.69) is 10.6 Å². The fourth-order valence-electron chi connectivity index (χ4n) is 2.12. The summed E-state index contributed by atoms with van der Waals surface area (Å²) in [7, 11) is 3.96. The van der Waals surface area contributed by atoms with Gasteiger partial charge in [-0.3, -0.25) is 4.79 Å². The topological polar surface area (TPSA) is 53.6 Å². The molecule has 0 unspecified atom stereocenters. The molecule has 0 heterocycles. The molecular formula is C18H23N3O2. The van der Waals surface area contributed by atoms with Gasteiger partial charge in [0.05, 0.1) is 18.8 Å². The zero-order valence-corrected chi connectivity index (χ0v) is 13.8. The summed E-state index contributed by atoms with van der Waals surface area (Å²) in [6, 6.07) is 15.3. The second-order valence-electron chi connectivity index (χ2n) is 5.27. The number of hydrogen-bond acceptors (Lipinski definition) is 4. The normalized spacial score (nSPS) is 10.0. The van der Waals surface area contributed by atoms with Crippen LogP contribution < -0.4 is 20.3 Å². The van der Waals surface area contributed by atoms with Gasteiger partial charge in [0, 0.05) is 25.5 Å². The minimum Gasteiger partial charge on any atom is -0.492 e. The standard InChI is InChI=1S/C18H23N3O2/c1-4-23-17-8-6-5-7-16(17)19-13-18(22)20-14-9-11-15(12-10-14)21(2)3/h5-12,19H,4,13H2,1-3H3,(H,20,22). The van der Waals surface area contributed by atoms with Crippen molar-refractivity contribution in [1.29, 1.82) is 0 Å². The molecule has 1 amide bonds. The van der Waals surface area contributed by atoms with Gasteiger partial charge in [0.1, 0.15) is 5.75 Å². The number of para-hydroxylation sites is 2. The molecule has 0 saturated carbocycles. The van der Waals surface area contributed by atoms with Gasteiger partial charge >= 0.3 is 0 Å². The van der Waals surface area contributed by atoms with E-state index >= 15 is 0 Å². The van der Waals surface area contributed by atoms with E-state index in [9.17, 15) is 4.79 Å². The number of rotatable bonds is 7.